The number of hydrogen-bond acceptors (Lipinski definition) is 2. The maximum atomic E-state index is 9.86. The molecule has 0 aromatic heterocycles. The predicted octanol–water partition coefficient (Wildman–Crippen LogP) is 2.74. The normalized spacial score (nSPS) is 37.8. The van der Waals surface area contributed by atoms with Gasteiger partial charge >= 0.3 is 0 Å². The lowest BCUT2D eigenvalue weighted by Crippen LogP contribution is -2.59. The summed E-state index contributed by atoms with van der Waals surface area (Å²) in [6.07, 6.45) is 7.85. The molecule has 1 heterocycles. The molecule has 4 rings (SSSR count). The van der Waals surface area contributed by atoms with E-state index in [4.69, 9.17) is 0 Å². The Kier molecular flexibility index (Phi) is 2.25. The Morgan fingerprint density at radius 2 is 2.17 bits per heavy atom. The summed E-state index contributed by atoms with van der Waals surface area (Å²) >= 11 is 0. The van der Waals surface area contributed by atoms with E-state index < -0.39 is 0 Å². The van der Waals surface area contributed by atoms with E-state index in [1.54, 1.807) is 0 Å². The van der Waals surface area contributed by atoms with E-state index in [1.807, 2.05) is 6.07 Å². The maximum Gasteiger partial charge on any atom is 0.115 e. The number of rotatable bonds is 0. The highest BCUT2D eigenvalue weighted by molar-refractivity contribution is 5.45. The largest absolute Gasteiger partial charge is 0.508 e. The fraction of sp³-hybridized carbons (Fsp3) is 0.625. The van der Waals surface area contributed by atoms with Gasteiger partial charge in [-0.1, -0.05) is 18.9 Å². The molecule has 3 atom stereocenters. The predicted molar refractivity (Wildman–Crippen MR) is 71.9 cm³/mol. The Labute approximate surface area is 108 Å². The van der Waals surface area contributed by atoms with Crippen molar-refractivity contribution < 1.29 is 5.11 Å². The molecule has 1 aromatic carbocycles. The summed E-state index contributed by atoms with van der Waals surface area (Å²) < 4.78 is 0. The molecular formula is C16H21NO. The van der Waals surface area contributed by atoms with Crippen molar-refractivity contribution in [2.75, 3.05) is 6.54 Å². The summed E-state index contributed by atoms with van der Waals surface area (Å²) in [6, 6.07) is 6.75. The van der Waals surface area contributed by atoms with Gasteiger partial charge in [-0.2, -0.15) is 0 Å². The SMILES string of the molecule is Oc1ccc2c(c1)[C@@]13CCCC[C@@H]1[C@@H](C2)NCC3. The topological polar surface area (TPSA) is 32.3 Å². The molecule has 96 valence electrons. The minimum Gasteiger partial charge on any atom is -0.508 e. The van der Waals surface area contributed by atoms with Crippen LogP contribution in [0.15, 0.2) is 18.2 Å². The average molecular weight is 243 g/mol. The second-order valence-corrected chi connectivity index (χ2v) is 6.36. The monoisotopic (exact) mass is 243 g/mol. The van der Waals surface area contributed by atoms with Crippen molar-refractivity contribution in [3.63, 3.8) is 0 Å². The Morgan fingerprint density at radius 3 is 3.11 bits per heavy atom. The molecule has 2 N–H and O–H groups in total. The van der Waals surface area contributed by atoms with Crippen LogP contribution >= 0.6 is 0 Å². The molecular weight excluding hydrogens is 222 g/mol. The molecule has 1 saturated carbocycles. The van der Waals surface area contributed by atoms with E-state index in [1.165, 1.54) is 43.2 Å². The number of benzene rings is 1. The molecule has 2 fully saturated rings. The van der Waals surface area contributed by atoms with Gasteiger partial charge in [0.15, 0.2) is 0 Å². The molecule has 0 unspecified atom stereocenters. The van der Waals surface area contributed by atoms with Crippen LogP contribution in [0, 0.1) is 5.92 Å². The Morgan fingerprint density at radius 1 is 1.22 bits per heavy atom. The lowest BCUT2D eigenvalue weighted by atomic mass is 9.53. The molecule has 1 aromatic rings. The third-order valence-electron chi connectivity index (χ3n) is 5.63. The van der Waals surface area contributed by atoms with Crippen molar-refractivity contribution >= 4 is 0 Å². The standard InChI is InChI=1S/C16H21NO/c18-12-5-4-11-9-15-13-3-1-2-6-16(13,7-8-17-15)14(11)10-12/h4-5,10,13,15,17-18H,1-3,6-9H2/t13-,15-,16-/m1/s1. The lowest BCUT2D eigenvalue weighted by molar-refractivity contribution is 0.0795. The van der Waals surface area contributed by atoms with Crippen LogP contribution in [-0.2, 0) is 11.8 Å². The number of hydrogen-bond donors (Lipinski definition) is 2. The molecule has 2 heteroatoms. The van der Waals surface area contributed by atoms with Crippen molar-refractivity contribution in [2.24, 2.45) is 5.92 Å². The van der Waals surface area contributed by atoms with Gasteiger partial charge in [0.2, 0.25) is 0 Å². The first-order chi connectivity index (χ1) is 8.79. The van der Waals surface area contributed by atoms with Crippen LogP contribution in [0.25, 0.3) is 0 Å². The van der Waals surface area contributed by atoms with Crippen molar-refractivity contribution in [1.29, 1.82) is 0 Å². The van der Waals surface area contributed by atoms with E-state index in [2.05, 4.69) is 17.4 Å². The first kappa shape index (κ1) is 10.9. The van der Waals surface area contributed by atoms with E-state index in [0.717, 1.165) is 18.9 Å². The molecule has 0 spiro atoms. The van der Waals surface area contributed by atoms with Crippen LogP contribution in [-0.4, -0.2) is 17.7 Å². The molecule has 2 aliphatic carbocycles. The van der Waals surface area contributed by atoms with Gasteiger partial charge in [0, 0.05) is 11.5 Å². The molecule has 3 aliphatic rings. The molecule has 1 aliphatic heterocycles. The second kappa shape index (κ2) is 3.74. The third kappa shape index (κ3) is 1.33. The van der Waals surface area contributed by atoms with E-state index >= 15 is 0 Å². The van der Waals surface area contributed by atoms with Gasteiger partial charge < -0.3 is 10.4 Å². The number of phenols is 1. The number of nitrogens with one attached hydrogen (secondary N) is 1. The molecule has 18 heavy (non-hydrogen) atoms. The zero-order chi connectivity index (χ0) is 12.2. The van der Waals surface area contributed by atoms with Gasteiger partial charge in [-0.05, 0) is 61.4 Å². The fourth-order valence-corrected chi connectivity index (χ4v) is 4.91. The fourth-order valence-electron chi connectivity index (χ4n) is 4.91. The molecule has 0 radical (unpaired) electrons. The first-order valence-corrected chi connectivity index (χ1v) is 7.35. The van der Waals surface area contributed by atoms with Gasteiger partial charge in [-0.15, -0.1) is 0 Å². The van der Waals surface area contributed by atoms with Crippen LogP contribution in [0.2, 0.25) is 0 Å². The van der Waals surface area contributed by atoms with Gasteiger partial charge in [0.25, 0.3) is 0 Å². The minimum absolute atomic E-state index is 0.375. The zero-order valence-corrected chi connectivity index (χ0v) is 10.8. The minimum atomic E-state index is 0.375. The number of piperidine rings is 1. The quantitative estimate of drug-likeness (QED) is 0.734. The van der Waals surface area contributed by atoms with E-state index in [0.29, 0.717) is 17.2 Å². The van der Waals surface area contributed by atoms with Crippen LogP contribution in [0.4, 0.5) is 0 Å². The van der Waals surface area contributed by atoms with Gasteiger partial charge in [0.05, 0.1) is 0 Å². The Balaban J connectivity index is 1.91. The van der Waals surface area contributed by atoms with E-state index in [-0.39, 0.29) is 0 Å². The summed E-state index contributed by atoms with van der Waals surface area (Å²) in [7, 11) is 0. The third-order valence-corrected chi connectivity index (χ3v) is 5.63. The van der Waals surface area contributed by atoms with Crippen LogP contribution in [0.1, 0.15) is 43.2 Å². The van der Waals surface area contributed by atoms with Crippen molar-refractivity contribution in [1.82, 2.24) is 5.32 Å². The number of phenolic OH excluding ortho intramolecular Hbond substituents is 1. The first-order valence-electron chi connectivity index (χ1n) is 7.35. The Bertz CT molecular complexity index is 480. The number of fused-ring (bicyclic) bond motifs is 1. The summed E-state index contributed by atoms with van der Waals surface area (Å²) in [5, 5.41) is 13.6. The molecule has 2 nitrogen and oxygen atoms in total. The Hall–Kier alpha value is -1.02. The van der Waals surface area contributed by atoms with Crippen LogP contribution in [0.5, 0.6) is 5.75 Å². The van der Waals surface area contributed by atoms with Crippen molar-refractivity contribution in [3.05, 3.63) is 29.3 Å². The summed E-state index contributed by atoms with van der Waals surface area (Å²) in [6.45, 7) is 1.15. The van der Waals surface area contributed by atoms with Crippen molar-refractivity contribution in [2.45, 2.75) is 50.0 Å². The van der Waals surface area contributed by atoms with Crippen molar-refractivity contribution in [3.8, 4) is 5.75 Å². The average Bonchev–Trinajstić information content (AvgIpc) is 2.40. The lowest BCUT2D eigenvalue weighted by Gasteiger charge is -2.56. The molecule has 2 bridgehead atoms. The summed E-state index contributed by atoms with van der Waals surface area (Å²) in [4.78, 5) is 0. The van der Waals surface area contributed by atoms with Gasteiger partial charge in [-0.3, -0.25) is 0 Å². The van der Waals surface area contributed by atoms with E-state index in [9.17, 15) is 5.11 Å². The smallest absolute Gasteiger partial charge is 0.115 e. The zero-order valence-electron chi connectivity index (χ0n) is 10.8. The van der Waals surface area contributed by atoms with Gasteiger partial charge in [-0.25, -0.2) is 0 Å². The highest BCUT2D eigenvalue weighted by atomic mass is 16.3. The summed E-state index contributed by atoms with van der Waals surface area (Å²) in [5.74, 6) is 1.25. The highest BCUT2D eigenvalue weighted by Gasteiger charge is 2.51. The van der Waals surface area contributed by atoms with Crippen LogP contribution < -0.4 is 5.32 Å². The molecule has 0 amide bonds. The van der Waals surface area contributed by atoms with Crippen LogP contribution in [0.3, 0.4) is 0 Å². The maximum absolute atomic E-state index is 9.86. The summed E-state index contributed by atoms with van der Waals surface area (Å²) in [5.41, 5.74) is 3.33. The van der Waals surface area contributed by atoms with Gasteiger partial charge in [0.1, 0.15) is 5.75 Å². The highest BCUT2D eigenvalue weighted by Crippen LogP contribution is 2.54. The number of aromatic hydroxyl groups is 1. The molecule has 1 saturated heterocycles. The second-order valence-electron chi connectivity index (χ2n) is 6.36.